The van der Waals surface area contributed by atoms with Crippen molar-refractivity contribution in [3.8, 4) is 5.75 Å². The van der Waals surface area contributed by atoms with E-state index in [2.05, 4.69) is 80.2 Å². The van der Waals surface area contributed by atoms with Gasteiger partial charge in [-0.15, -0.1) is 0 Å². The average Bonchev–Trinajstić information content (AvgIpc) is 3.07. The van der Waals surface area contributed by atoms with E-state index in [0.717, 1.165) is 32.4 Å². The topological polar surface area (TPSA) is 32.8 Å². The van der Waals surface area contributed by atoms with Crippen LogP contribution in [0.4, 0.5) is 11.4 Å². The Morgan fingerprint density at radius 2 is 1.45 bits per heavy atom. The third-order valence-electron chi connectivity index (χ3n) is 6.52. The van der Waals surface area contributed by atoms with Gasteiger partial charge >= 0.3 is 244 Å². The van der Waals surface area contributed by atoms with Crippen LogP contribution in [0.15, 0.2) is 48.5 Å². The number of hydrogen-bond donors (Lipinski definition) is 0. The second kappa shape index (κ2) is 11.4. The summed E-state index contributed by atoms with van der Waals surface area (Å²) in [4.78, 5) is 16.5. The molecule has 4 rings (SSSR count). The summed E-state index contributed by atoms with van der Waals surface area (Å²) in [6.45, 7) is 14.9. The van der Waals surface area contributed by atoms with Gasteiger partial charge in [-0.3, -0.25) is 0 Å². The van der Waals surface area contributed by atoms with E-state index in [1.807, 2.05) is 24.3 Å². The van der Waals surface area contributed by atoms with Crippen LogP contribution in [0.25, 0.3) is 0 Å². The normalized spacial score (nSPS) is 14.7. The molecule has 0 radical (unpaired) electrons. The maximum atomic E-state index is 12.1. The van der Waals surface area contributed by atoms with Crippen molar-refractivity contribution in [3.63, 3.8) is 0 Å². The number of ether oxygens (including phenoxy) is 1. The van der Waals surface area contributed by atoms with Crippen molar-refractivity contribution >= 4 is 49.5 Å². The van der Waals surface area contributed by atoms with Crippen molar-refractivity contribution < 1.29 is 25.8 Å². The van der Waals surface area contributed by atoms with Crippen molar-refractivity contribution in [2.45, 2.75) is 59.3 Å². The Morgan fingerprint density at radius 3 is 2.00 bits per heavy atom. The van der Waals surface area contributed by atoms with E-state index in [9.17, 15) is 4.79 Å². The van der Waals surface area contributed by atoms with E-state index in [-0.39, 0.29) is 5.97 Å². The number of para-hydroxylation sites is 1. The summed E-state index contributed by atoms with van der Waals surface area (Å²) in [5.41, 5.74) is 10.1. The summed E-state index contributed by atoms with van der Waals surface area (Å²) in [5.74, 6) is 0.314. The van der Waals surface area contributed by atoms with Gasteiger partial charge in [-0.25, -0.2) is 0 Å². The Kier molecular flexibility index (Phi) is 8.62. The molecule has 0 N–H and O–H groups in total. The Bertz CT molecular complexity index is 1430. The number of carbonyl (C=O) groups is 1. The zero-order chi connectivity index (χ0) is 27.8. The molecule has 3 aromatic carbocycles. The summed E-state index contributed by atoms with van der Waals surface area (Å²) in [6.07, 6.45) is 0.319. The van der Waals surface area contributed by atoms with Crippen molar-refractivity contribution in [3.05, 3.63) is 87.5 Å². The predicted octanol–water partition coefficient (Wildman–Crippen LogP) is 7.33. The van der Waals surface area contributed by atoms with Gasteiger partial charge in [-0.05, 0) is 0 Å². The number of aryl methyl sites for hydroxylation is 6. The van der Waals surface area contributed by atoms with Crippen LogP contribution in [0.3, 0.4) is 0 Å². The number of benzene rings is 3. The van der Waals surface area contributed by atoms with Crippen molar-refractivity contribution in [2.75, 3.05) is 16.3 Å². The molecule has 1 fully saturated rings. The van der Waals surface area contributed by atoms with Gasteiger partial charge in [0.15, 0.2) is 0 Å². The first kappa shape index (κ1) is 28.7. The van der Waals surface area contributed by atoms with Crippen molar-refractivity contribution in [1.82, 2.24) is 0 Å². The molecule has 1 heterocycles. The summed E-state index contributed by atoms with van der Waals surface area (Å²) >= 11 is 13.8. The maximum absolute atomic E-state index is 12.1. The van der Waals surface area contributed by atoms with Gasteiger partial charge in [0.2, 0.25) is 0 Å². The quantitative estimate of drug-likeness (QED) is 0.0964. The molecule has 1 saturated heterocycles. The summed E-state index contributed by atoms with van der Waals surface area (Å²) in [6, 6.07) is 16.4. The number of hydrogen-bond acceptors (Lipinski definition) is 4. The standard InChI is InChI=1S/C21H24Cl2N2.C10H10O2.Ru/c1-13-7-15(3)19(16(4)8-13)24-11-21(22,23)25(12-24)20-17(5)9-14(2)10-18(20)6;1-3-10(11)12-9-7-5-4-6-8(9)2;/h7-10H,11H2,1-6H3;2,4-7H,3H2,1H3;. The fourth-order valence-corrected chi connectivity index (χ4v) is 8.23. The van der Waals surface area contributed by atoms with Gasteiger partial charge in [0.05, 0.1) is 0 Å². The molecule has 0 atom stereocenters. The molecular weight excluding hydrogens is 604 g/mol. The van der Waals surface area contributed by atoms with Gasteiger partial charge in [-0.2, -0.15) is 0 Å². The summed E-state index contributed by atoms with van der Waals surface area (Å²) in [7, 11) is 0. The van der Waals surface area contributed by atoms with Crippen LogP contribution in [0.5, 0.6) is 5.75 Å². The molecule has 1 aliphatic rings. The fraction of sp³-hybridized carbons (Fsp3) is 0.323. The molecule has 0 bridgehead atoms. The number of halogens is 2. The summed E-state index contributed by atoms with van der Waals surface area (Å²) < 4.78 is 7.70. The molecular formula is C31H34Cl2N2O2Ru. The number of alkyl halides is 2. The molecule has 0 aromatic heterocycles. The van der Waals surface area contributed by atoms with E-state index in [0.29, 0.717) is 18.7 Å². The number of carbonyl (C=O) groups excluding carboxylic acids is 1. The van der Waals surface area contributed by atoms with Gasteiger partial charge in [-0.1, -0.05) is 0 Å². The Labute approximate surface area is 243 Å². The third-order valence-corrected chi connectivity index (χ3v) is 9.19. The molecule has 7 heteroatoms. The zero-order valence-corrected chi connectivity index (χ0v) is 26.2. The minimum absolute atomic E-state index is 0.254. The van der Waals surface area contributed by atoms with Crippen LogP contribution in [0.1, 0.15) is 52.3 Å². The molecule has 202 valence electrons. The van der Waals surface area contributed by atoms with E-state index >= 15 is 0 Å². The zero-order valence-electron chi connectivity index (χ0n) is 22.9. The first-order valence-electron chi connectivity index (χ1n) is 12.6. The Morgan fingerprint density at radius 1 is 0.921 bits per heavy atom. The molecule has 1 aliphatic heterocycles. The first-order chi connectivity index (χ1) is 17.9. The van der Waals surface area contributed by atoms with E-state index in [4.69, 9.17) is 27.9 Å². The van der Waals surface area contributed by atoms with Crippen LogP contribution in [-0.4, -0.2) is 25.9 Å². The molecule has 0 aliphatic carbocycles. The van der Waals surface area contributed by atoms with E-state index in [1.54, 1.807) is 6.92 Å². The average molecular weight is 639 g/mol. The van der Waals surface area contributed by atoms with E-state index in [1.165, 1.54) is 22.3 Å². The third kappa shape index (κ3) is 5.81. The second-order valence-electron chi connectivity index (χ2n) is 9.91. The number of anilines is 2. The SMILES string of the molecule is CCC(=O)Oc1ccccc1[CH]=[Ru]=[C]1N(c2c(C)cc(C)cc2C)CC(Cl)(Cl)N1c1c(C)cc(C)cc1C. The Balaban J connectivity index is 1.99. The number of esters is 1. The fourth-order valence-electron chi connectivity index (χ4n) is 5.17. The number of nitrogens with zero attached hydrogens (tertiary/aromatic N) is 2. The van der Waals surface area contributed by atoms with Crippen molar-refractivity contribution in [1.29, 1.82) is 0 Å². The monoisotopic (exact) mass is 638 g/mol. The molecule has 38 heavy (non-hydrogen) atoms. The number of rotatable bonds is 5. The first-order valence-corrected chi connectivity index (χ1v) is 15.3. The van der Waals surface area contributed by atoms with Crippen LogP contribution in [0, 0.1) is 41.5 Å². The van der Waals surface area contributed by atoms with Gasteiger partial charge in [0.1, 0.15) is 0 Å². The van der Waals surface area contributed by atoms with Crippen LogP contribution >= 0.6 is 23.2 Å². The van der Waals surface area contributed by atoms with Gasteiger partial charge < -0.3 is 0 Å². The van der Waals surface area contributed by atoms with Crippen LogP contribution in [-0.2, 0) is 21.0 Å². The summed E-state index contributed by atoms with van der Waals surface area (Å²) in [5, 5.41) is 0. The molecule has 0 saturated carbocycles. The van der Waals surface area contributed by atoms with Gasteiger partial charge in [0.25, 0.3) is 0 Å². The van der Waals surface area contributed by atoms with Crippen LogP contribution in [0.2, 0.25) is 0 Å². The van der Waals surface area contributed by atoms with E-state index < -0.39 is 20.7 Å². The molecule has 0 spiro atoms. The van der Waals surface area contributed by atoms with Gasteiger partial charge in [0, 0.05) is 0 Å². The van der Waals surface area contributed by atoms with Crippen LogP contribution < -0.4 is 14.5 Å². The van der Waals surface area contributed by atoms with Crippen molar-refractivity contribution in [2.24, 2.45) is 0 Å². The second-order valence-corrected chi connectivity index (χ2v) is 13.1. The molecule has 0 unspecified atom stereocenters. The molecule has 3 aromatic rings. The molecule has 0 amide bonds. The Hall–Kier alpha value is -2.33. The molecule has 4 nitrogen and oxygen atoms in total. The minimum atomic E-state index is -1.17. The predicted molar refractivity (Wildman–Crippen MR) is 158 cm³/mol.